The number of halogens is 1. The van der Waals surface area contributed by atoms with Crippen molar-refractivity contribution in [1.82, 2.24) is 10.2 Å². The van der Waals surface area contributed by atoms with Crippen molar-refractivity contribution >= 4 is 39.9 Å². The van der Waals surface area contributed by atoms with E-state index in [1.165, 1.54) is 11.3 Å². The van der Waals surface area contributed by atoms with Crippen LogP contribution in [0.3, 0.4) is 0 Å². The van der Waals surface area contributed by atoms with Gasteiger partial charge in [0.05, 0.1) is 17.0 Å². The summed E-state index contributed by atoms with van der Waals surface area (Å²) in [6.07, 6.45) is 3.08. The molecule has 1 aromatic heterocycles. The van der Waals surface area contributed by atoms with Crippen molar-refractivity contribution in [3.05, 3.63) is 69.7 Å². The Kier molecular flexibility index (Phi) is 7.02. The molecule has 0 spiro atoms. The molecule has 32 heavy (non-hydrogen) atoms. The van der Waals surface area contributed by atoms with Gasteiger partial charge in [0.2, 0.25) is 5.13 Å². The number of hydrogen-bond acceptors (Lipinski definition) is 6. The summed E-state index contributed by atoms with van der Waals surface area (Å²) in [6.45, 7) is 0. The van der Waals surface area contributed by atoms with E-state index < -0.39 is 5.97 Å². The van der Waals surface area contributed by atoms with Crippen molar-refractivity contribution in [3.63, 3.8) is 0 Å². The van der Waals surface area contributed by atoms with E-state index in [9.17, 15) is 9.59 Å². The van der Waals surface area contributed by atoms with E-state index in [-0.39, 0.29) is 17.9 Å². The molecule has 1 saturated carbocycles. The van der Waals surface area contributed by atoms with Crippen molar-refractivity contribution in [2.45, 2.75) is 38.2 Å². The lowest BCUT2D eigenvalue weighted by Crippen LogP contribution is -2.27. The van der Waals surface area contributed by atoms with Gasteiger partial charge in [0.1, 0.15) is 10.8 Å². The lowest BCUT2D eigenvalue weighted by atomic mass is 9.87. The molecule has 1 aliphatic carbocycles. The number of hydrogen-bond donors (Lipinski definition) is 2. The summed E-state index contributed by atoms with van der Waals surface area (Å²) >= 11 is 7.67. The van der Waals surface area contributed by atoms with E-state index in [4.69, 9.17) is 21.4 Å². The molecule has 0 bridgehead atoms. The Labute approximate surface area is 194 Å². The number of benzene rings is 2. The van der Waals surface area contributed by atoms with Gasteiger partial charge < -0.3 is 9.84 Å². The molecule has 2 N–H and O–H groups in total. The van der Waals surface area contributed by atoms with Gasteiger partial charge in [0, 0.05) is 12.0 Å². The number of carbonyl (C=O) groups is 2. The largest absolute Gasteiger partial charge is 0.489 e. The molecule has 0 radical (unpaired) electrons. The number of nitrogens with zero attached hydrogens (tertiary/aromatic N) is 2. The summed E-state index contributed by atoms with van der Waals surface area (Å²) in [7, 11) is 0. The normalized spacial score (nSPS) is 18.2. The summed E-state index contributed by atoms with van der Waals surface area (Å²) in [5.74, 6) is -0.893. The minimum absolute atomic E-state index is 0.0767. The van der Waals surface area contributed by atoms with Gasteiger partial charge in [-0.15, -0.1) is 10.2 Å². The zero-order chi connectivity index (χ0) is 22.5. The lowest BCUT2D eigenvalue weighted by molar-refractivity contribution is -0.143. The highest BCUT2D eigenvalue weighted by Gasteiger charge is 2.27. The smallest absolute Gasteiger partial charge is 0.306 e. The number of aromatic nitrogens is 2. The molecule has 7 nitrogen and oxygen atoms in total. The SMILES string of the molecule is O=C(Nc1nnc(Cc2ccccc2)s1)c1ccc(OC2CCC(C(=O)O)CC2)c(Cl)c1. The van der Waals surface area contributed by atoms with Gasteiger partial charge in [0.15, 0.2) is 0 Å². The number of ether oxygens (including phenoxy) is 1. The van der Waals surface area contributed by atoms with Gasteiger partial charge in [-0.3, -0.25) is 14.9 Å². The first-order chi connectivity index (χ1) is 15.5. The number of carboxylic acid groups (broad SMARTS) is 1. The maximum atomic E-state index is 12.6. The summed E-state index contributed by atoms with van der Waals surface area (Å²) in [6, 6.07) is 14.8. The fourth-order valence-electron chi connectivity index (χ4n) is 3.66. The van der Waals surface area contributed by atoms with E-state index >= 15 is 0 Å². The van der Waals surface area contributed by atoms with E-state index in [1.54, 1.807) is 18.2 Å². The number of carboxylic acids is 1. The second kappa shape index (κ2) is 10.1. The molecule has 1 heterocycles. The average Bonchev–Trinajstić information content (AvgIpc) is 3.22. The Balaban J connectivity index is 1.34. The fraction of sp³-hybridized carbons (Fsp3) is 0.304. The van der Waals surface area contributed by atoms with Crippen LogP contribution in [0.15, 0.2) is 48.5 Å². The maximum Gasteiger partial charge on any atom is 0.306 e. The predicted octanol–water partition coefficient (Wildman–Crippen LogP) is 5.06. The third kappa shape index (κ3) is 5.63. The molecule has 0 aliphatic heterocycles. The van der Waals surface area contributed by atoms with E-state index in [2.05, 4.69) is 15.5 Å². The van der Waals surface area contributed by atoms with Crippen LogP contribution in [-0.4, -0.2) is 33.3 Å². The van der Waals surface area contributed by atoms with Crippen LogP contribution in [0.4, 0.5) is 5.13 Å². The molecule has 1 aliphatic rings. The van der Waals surface area contributed by atoms with Gasteiger partial charge >= 0.3 is 5.97 Å². The number of aliphatic carboxylic acids is 1. The van der Waals surface area contributed by atoms with Gasteiger partial charge in [-0.1, -0.05) is 53.3 Å². The summed E-state index contributed by atoms with van der Waals surface area (Å²) < 4.78 is 5.95. The molecule has 2 aromatic carbocycles. The topological polar surface area (TPSA) is 101 Å². The van der Waals surface area contributed by atoms with Gasteiger partial charge in [-0.25, -0.2) is 0 Å². The highest BCUT2D eigenvalue weighted by atomic mass is 35.5. The van der Waals surface area contributed by atoms with Crippen LogP contribution in [-0.2, 0) is 11.2 Å². The molecular formula is C23H22ClN3O4S. The second-order valence-corrected chi connectivity index (χ2v) is 9.16. The monoisotopic (exact) mass is 471 g/mol. The minimum Gasteiger partial charge on any atom is -0.489 e. The zero-order valence-corrected chi connectivity index (χ0v) is 18.7. The Morgan fingerprint density at radius 2 is 1.84 bits per heavy atom. The quantitative estimate of drug-likeness (QED) is 0.499. The molecule has 0 saturated heterocycles. The second-order valence-electron chi connectivity index (χ2n) is 7.69. The van der Waals surface area contributed by atoms with Crippen molar-refractivity contribution < 1.29 is 19.4 Å². The van der Waals surface area contributed by atoms with Crippen LogP contribution in [0.25, 0.3) is 0 Å². The van der Waals surface area contributed by atoms with Crippen molar-refractivity contribution in [1.29, 1.82) is 0 Å². The van der Waals surface area contributed by atoms with Gasteiger partial charge in [-0.05, 0) is 49.4 Å². The third-order valence-electron chi connectivity index (χ3n) is 5.40. The van der Waals surface area contributed by atoms with Crippen molar-refractivity contribution in [2.75, 3.05) is 5.32 Å². The third-order valence-corrected chi connectivity index (χ3v) is 6.53. The molecule has 3 aromatic rings. The molecule has 166 valence electrons. The standard InChI is InChI=1S/C23H22ClN3O4S/c24-18-13-16(8-11-19(18)31-17-9-6-15(7-10-17)22(29)30)21(28)25-23-27-26-20(32-23)12-14-4-2-1-3-5-14/h1-5,8,11,13,15,17H,6-7,9-10,12H2,(H,29,30)(H,25,27,28). The molecule has 0 unspecified atom stereocenters. The van der Waals surface area contributed by atoms with Crippen LogP contribution in [0, 0.1) is 5.92 Å². The number of rotatable bonds is 7. The number of anilines is 1. The molecular weight excluding hydrogens is 450 g/mol. The number of amides is 1. The summed E-state index contributed by atoms with van der Waals surface area (Å²) in [5, 5.41) is 21.6. The molecule has 0 atom stereocenters. The van der Waals surface area contributed by atoms with Crippen molar-refractivity contribution in [2.24, 2.45) is 5.92 Å². The molecule has 1 amide bonds. The Bertz CT molecular complexity index is 1100. The first kappa shape index (κ1) is 22.2. The van der Waals surface area contributed by atoms with Crippen molar-refractivity contribution in [3.8, 4) is 5.75 Å². The van der Waals surface area contributed by atoms with Crippen LogP contribution in [0.5, 0.6) is 5.75 Å². The zero-order valence-electron chi connectivity index (χ0n) is 17.2. The fourth-order valence-corrected chi connectivity index (χ4v) is 4.65. The summed E-state index contributed by atoms with van der Waals surface area (Å²) in [5.41, 5.74) is 1.51. The van der Waals surface area contributed by atoms with Crippen LogP contribution in [0.1, 0.15) is 46.6 Å². The number of nitrogens with one attached hydrogen (secondary N) is 1. The molecule has 9 heteroatoms. The Hall–Kier alpha value is -2.97. The maximum absolute atomic E-state index is 12.6. The van der Waals surface area contributed by atoms with Crippen LogP contribution in [0.2, 0.25) is 5.02 Å². The highest BCUT2D eigenvalue weighted by molar-refractivity contribution is 7.15. The molecule has 4 rings (SSSR count). The Morgan fingerprint density at radius 1 is 1.09 bits per heavy atom. The van der Waals surface area contributed by atoms with Crippen LogP contribution < -0.4 is 10.1 Å². The van der Waals surface area contributed by atoms with E-state index in [0.29, 0.717) is 53.6 Å². The summed E-state index contributed by atoms with van der Waals surface area (Å²) in [4.78, 5) is 23.7. The van der Waals surface area contributed by atoms with E-state index in [1.807, 2.05) is 30.3 Å². The highest BCUT2D eigenvalue weighted by Crippen LogP contribution is 2.32. The number of carbonyl (C=O) groups excluding carboxylic acids is 1. The first-order valence-corrected chi connectivity index (χ1v) is 11.5. The van der Waals surface area contributed by atoms with Gasteiger partial charge in [0.25, 0.3) is 5.91 Å². The van der Waals surface area contributed by atoms with Crippen LogP contribution >= 0.6 is 22.9 Å². The minimum atomic E-state index is -0.750. The van der Waals surface area contributed by atoms with Gasteiger partial charge in [-0.2, -0.15) is 0 Å². The van der Waals surface area contributed by atoms with E-state index in [0.717, 1.165) is 10.6 Å². The molecule has 1 fully saturated rings. The Morgan fingerprint density at radius 3 is 2.53 bits per heavy atom. The predicted molar refractivity (Wildman–Crippen MR) is 123 cm³/mol. The average molecular weight is 472 g/mol. The first-order valence-electron chi connectivity index (χ1n) is 10.3. The lowest BCUT2D eigenvalue weighted by Gasteiger charge is -2.27.